The maximum absolute atomic E-state index is 9.77. The standard InChI is InChI=1S/C24H22N6O/c1-3-19(31)29-15-10-8-14(9-11-15)22-20(17-12-26-18-7-5-4-6-16(17)18)21-23(25)27-13-28-24(21)30(22)2/h3-13,19,26,29,31H,1H2,2H3,(H2,25,27,28). The minimum Gasteiger partial charge on any atom is -0.383 e. The van der Waals surface area contributed by atoms with Crippen LogP contribution < -0.4 is 11.1 Å². The van der Waals surface area contributed by atoms with E-state index in [2.05, 4.69) is 39.0 Å². The highest BCUT2D eigenvalue weighted by atomic mass is 16.3. The van der Waals surface area contributed by atoms with Crippen molar-refractivity contribution in [2.45, 2.75) is 6.23 Å². The first-order valence-electron chi connectivity index (χ1n) is 9.91. The summed E-state index contributed by atoms with van der Waals surface area (Å²) in [6.07, 6.45) is 4.13. The number of aliphatic hydroxyl groups excluding tert-OH is 1. The van der Waals surface area contributed by atoms with E-state index in [0.717, 1.165) is 50.0 Å². The van der Waals surface area contributed by atoms with Crippen LogP contribution in [0.1, 0.15) is 0 Å². The number of hydrogen-bond donors (Lipinski definition) is 4. The Morgan fingerprint density at radius 3 is 2.71 bits per heavy atom. The fourth-order valence-corrected chi connectivity index (χ4v) is 4.11. The average molecular weight is 410 g/mol. The number of aromatic nitrogens is 4. The molecule has 0 aliphatic heterocycles. The number of H-pyrrole nitrogens is 1. The number of nitrogens with one attached hydrogen (secondary N) is 2. The molecule has 154 valence electrons. The topological polar surface area (TPSA) is 105 Å². The van der Waals surface area contributed by atoms with E-state index in [1.54, 1.807) is 0 Å². The fourth-order valence-electron chi connectivity index (χ4n) is 4.11. The predicted molar refractivity (Wildman–Crippen MR) is 125 cm³/mol. The Kier molecular flexibility index (Phi) is 4.45. The van der Waals surface area contributed by atoms with Gasteiger partial charge in [0.15, 0.2) is 0 Å². The molecule has 5 aromatic rings. The third kappa shape index (κ3) is 3.03. The number of anilines is 2. The summed E-state index contributed by atoms with van der Waals surface area (Å²) in [6, 6.07) is 16.0. The fraction of sp³-hybridized carbons (Fsp3) is 0.0833. The van der Waals surface area contributed by atoms with E-state index in [1.165, 1.54) is 12.4 Å². The molecule has 3 heterocycles. The second kappa shape index (κ2) is 7.30. The first kappa shape index (κ1) is 18.9. The SMILES string of the molecule is C=CC(O)Nc1ccc(-c2c(-c3c[nH]c4ccccc34)c3c(N)ncnc3n2C)cc1. The molecule has 5 rings (SSSR count). The number of nitrogen functional groups attached to an aromatic ring is 1. The van der Waals surface area contributed by atoms with Gasteiger partial charge in [0.1, 0.15) is 24.0 Å². The van der Waals surface area contributed by atoms with Crippen LogP contribution in [-0.2, 0) is 7.05 Å². The van der Waals surface area contributed by atoms with Crippen LogP contribution in [0.4, 0.5) is 11.5 Å². The summed E-state index contributed by atoms with van der Waals surface area (Å²) in [6.45, 7) is 3.59. The molecular weight excluding hydrogens is 388 g/mol. The minimum atomic E-state index is -0.805. The molecule has 0 spiro atoms. The Morgan fingerprint density at radius 2 is 1.94 bits per heavy atom. The molecule has 5 N–H and O–H groups in total. The third-order valence-corrected chi connectivity index (χ3v) is 5.55. The van der Waals surface area contributed by atoms with Gasteiger partial charge in [-0.3, -0.25) is 0 Å². The molecule has 0 aliphatic carbocycles. The highest BCUT2D eigenvalue weighted by molar-refractivity contribution is 6.12. The van der Waals surface area contributed by atoms with E-state index in [-0.39, 0.29) is 0 Å². The number of hydrogen-bond acceptors (Lipinski definition) is 5. The summed E-state index contributed by atoms with van der Waals surface area (Å²) < 4.78 is 2.05. The lowest BCUT2D eigenvalue weighted by Gasteiger charge is -2.12. The van der Waals surface area contributed by atoms with E-state index >= 15 is 0 Å². The molecule has 31 heavy (non-hydrogen) atoms. The van der Waals surface area contributed by atoms with E-state index in [9.17, 15) is 5.11 Å². The van der Waals surface area contributed by atoms with Crippen LogP contribution in [0.25, 0.3) is 44.3 Å². The lowest BCUT2D eigenvalue weighted by atomic mass is 9.98. The molecule has 0 amide bonds. The van der Waals surface area contributed by atoms with Crippen LogP contribution in [0.3, 0.4) is 0 Å². The number of nitrogens with zero attached hydrogens (tertiary/aromatic N) is 3. The van der Waals surface area contributed by atoms with Crippen LogP contribution in [0, 0.1) is 0 Å². The number of nitrogens with two attached hydrogens (primary N) is 1. The number of benzene rings is 2. The van der Waals surface area contributed by atoms with Crippen molar-refractivity contribution in [3.05, 3.63) is 73.7 Å². The average Bonchev–Trinajstić information content (AvgIpc) is 3.34. The first-order valence-corrected chi connectivity index (χ1v) is 9.91. The Labute approximate surface area is 178 Å². The van der Waals surface area contributed by atoms with Gasteiger partial charge in [0, 0.05) is 41.0 Å². The molecule has 0 radical (unpaired) electrons. The van der Waals surface area contributed by atoms with Gasteiger partial charge >= 0.3 is 0 Å². The van der Waals surface area contributed by atoms with Crippen molar-refractivity contribution in [2.75, 3.05) is 11.1 Å². The highest BCUT2D eigenvalue weighted by Crippen LogP contribution is 2.44. The largest absolute Gasteiger partial charge is 0.383 e. The van der Waals surface area contributed by atoms with Crippen molar-refractivity contribution in [1.29, 1.82) is 0 Å². The summed E-state index contributed by atoms with van der Waals surface area (Å²) in [5.74, 6) is 0.444. The van der Waals surface area contributed by atoms with Crippen molar-refractivity contribution < 1.29 is 5.11 Å². The number of para-hydroxylation sites is 1. The summed E-state index contributed by atoms with van der Waals surface area (Å²) in [5.41, 5.74) is 13.0. The monoisotopic (exact) mass is 410 g/mol. The normalized spacial score (nSPS) is 12.3. The molecule has 0 aliphatic rings. The van der Waals surface area contributed by atoms with E-state index < -0.39 is 6.23 Å². The Balaban J connectivity index is 1.77. The molecule has 3 aromatic heterocycles. The number of aryl methyl sites for hydroxylation is 1. The number of rotatable bonds is 5. The predicted octanol–water partition coefficient (Wildman–Crippen LogP) is 4.28. The summed E-state index contributed by atoms with van der Waals surface area (Å²) >= 11 is 0. The lowest BCUT2D eigenvalue weighted by molar-refractivity contribution is 0.253. The van der Waals surface area contributed by atoms with Gasteiger partial charge in [-0.25, -0.2) is 9.97 Å². The van der Waals surface area contributed by atoms with Crippen molar-refractivity contribution in [3.8, 4) is 22.4 Å². The van der Waals surface area contributed by atoms with Crippen molar-refractivity contribution >= 4 is 33.4 Å². The van der Waals surface area contributed by atoms with E-state index in [0.29, 0.717) is 5.82 Å². The zero-order valence-electron chi connectivity index (χ0n) is 17.0. The molecular formula is C24H22N6O. The van der Waals surface area contributed by atoms with E-state index in [4.69, 9.17) is 5.73 Å². The van der Waals surface area contributed by atoms with Gasteiger partial charge in [-0.15, -0.1) is 0 Å². The number of fused-ring (bicyclic) bond motifs is 2. The molecule has 1 unspecified atom stereocenters. The quantitative estimate of drug-likeness (QED) is 0.256. The molecule has 7 nitrogen and oxygen atoms in total. The summed E-state index contributed by atoms with van der Waals surface area (Å²) in [5, 5.41) is 14.7. The highest BCUT2D eigenvalue weighted by Gasteiger charge is 2.23. The molecule has 1 atom stereocenters. The van der Waals surface area contributed by atoms with Crippen LogP contribution in [-0.4, -0.2) is 30.9 Å². The Bertz CT molecular complexity index is 1410. The first-order chi connectivity index (χ1) is 15.1. The van der Waals surface area contributed by atoms with Crippen LogP contribution >= 0.6 is 0 Å². The van der Waals surface area contributed by atoms with Gasteiger partial charge in [0.2, 0.25) is 0 Å². The van der Waals surface area contributed by atoms with Crippen molar-refractivity contribution in [1.82, 2.24) is 19.5 Å². The minimum absolute atomic E-state index is 0.444. The zero-order valence-corrected chi connectivity index (χ0v) is 17.0. The molecule has 2 aromatic carbocycles. The third-order valence-electron chi connectivity index (χ3n) is 5.55. The Morgan fingerprint density at radius 1 is 1.16 bits per heavy atom. The Hall–Kier alpha value is -4.10. The van der Waals surface area contributed by atoms with Crippen LogP contribution in [0.5, 0.6) is 0 Å². The maximum Gasteiger partial charge on any atom is 0.146 e. The second-order valence-corrected chi connectivity index (χ2v) is 7.39. The van der Waals surface area contributed by atoms with Crippen molar-refractivity contribution in [3.63, 3.8) is 0 Å². The summed E-state index contributed by atoms with van der Waals surface area (Å²) in [4.78, 5) is 12.1. The number of aromatic amines is 1. The van der Waals surface area contributed by atoms with Gasteiger partial charge in [-0.05, 0) is 29.8 Å². The summed E-state index contributed by atoms with van der Waals surface area (Å²) in [7, 11) is 1.98. The van der Waals surface area contributed by atoms with E-state index in [1.807, 2.05) is 54.2 Å². The van der Waals surface area contributed by atoms with Gasteiger partial charge < -0.3 is 25.7 Å². The molecule has 0 fully saturated rings. The van der Waals surface area contributed by atoms with Gasteiger partial charge in [-0.1, -0.05) is 36.9 Å². The van der Waals surface area contributed by atoms with Crippen LogP contribution in [0.15, 0.2) is 73.7 Å². The molecule has 0 saturated carbocycles. The lowest BCUT2D eigenvalue weighted by Crippen LogP contribution is -2.14. The molecule has 0 bridgehead atoms. The smallest absolute Gasteiger partial charge is 0.146 e. The maximum atomic E-state index is 9.77. The zero-order chi connectivity index (χ0) is 21.5. The molecule has 0 saturated heterocycles. The van der Waals surface area contributed by atoms with Crippen molar-refractivity contribution in [2.24, 2.45) is 7.05 Å². The molecule has 7 heteroatoms. The van der Waals surface area contributed by atoms with Gasteiger partial charge in [0.05, 0.1) is 11.1 Å². The second-order valence-electron chi connectivity index (χ2n) is 7.39. The van der Waals surface area contributed by atoms with Gasteiger partial charge in [0.25, 0.3) is 0 Å². The van der Waals surface area contributed by atoms with Gasteiger partial charge in [-0.2, -0.15) is 0 Å². The van der Waals surface area contributed by atoms with Crippen LogP contribution in [0.2, 0.25) is 0 Å². The number of aliphatic hydroxyl groups is 1.